The third kappa shape index (κ3) is 4.90. The molecule has 1 aliphatic rings. The van der Waals surface area contributed by atoms with Crippen LogP contribution in [0.15, 0.2) is 109 Å². The summed E-state index contributed by atoms with van der Waals surface area (Å²) in [5, 5.41) is 12.5. The van der Waals surface area contributed by atoms with Gasteiger partial charge in [0.2, 0.25) is 0 Å². The Hall–Kier alpha value is -5.30. The molecule has 2 N–H and O–H groups in total. The zero-order valence-electron chi connectivity index (χ0n) is 23.3. The van der Waals surface area contributed by atoms with Crippen molar-refractivity contribution in [2.75, 3.05) is 7.11 Å². The van der Waals surface area contributed by atoms with E-state index in [1.54, 1.807) is 31.5 Å². The molecule has 4 aromatic carbocycles. The molecule has 0 aliphatic carbocycles. The number of nitrogens with one attached hydrogen (secondary N) is 1. The molecule has 1 amide bonds. The van der Waals surface area contributed by atoms with Gasteiger partial charge in [-0.05, 0) is 48.4 Å². The van der Waals surface area contributed by atoms with Crippen LogP contribution >= 0.6 is 0 Å². The number of fused-ring (bicyclic) bond motifs is 1. The molecular formula is C35H30N2O5. The molecule has 5 aromatic rings. The van der Waals surface area contributed by atoms with Gasteiger partial charge in [-0.2, -0.15) is 0 Å². The van der Waals surface area contributed by atoms with Crippen molar-refractivity contribution in [3.05, 3.63) is 137 Å². The fourth-order valence-electron chi connectivity index (χ4n) is 5.55. The zero-order valence-corrected chi connectivity index (χ0v) is 23.3. The quantitative estimate of drug-likeness (QED) is 0.126. The highest BCUT2D eigenvalue weighted by atomic mass is 16.5. The Bertz CT molecular complexity index is 1820. The summed E-state index contributed by atoms with van der Waals surface area (Å²) in [4.78, 5) is 32.0. The van der Waals surface area contributed by atoms with Crippen LogP contribution in [0.1, 0.15) is 33.9 Å². The lowest BCUT2D eigenvalue weighted by Crippen LogP contribution is -2.29. The predicted molar refractivity (Wildman–Crippen MR) is 161 cm³/mol. The number of aromatic nitrogens is 1. The van der Waals surface area contributed by atoms with E-state index in [1.165, 1.54) is 4.90 Å². The largest absolute Gasteiger partial charge is 0.507 e. The highest BCUT2D eigenvalue weighted by Crippen LogP contribution is 2.43. The van der Waals surface area contributed by atoms with Crippen molar-refractivity contribution in [3.8, 4) is 11.5 Å². The average molecular weight is 559 g/mol. The summed E-state index contributed by atoms with van der Waals surface area (Å²) < 4.78 is 11.5. The second-order valence-corrected chi connectivity index (χ2v) is 10.3. The molecule has 0 saturated carbocycles. The number of ketones is 1. The minimum absolute atomic E-state index is 0.0389. The van der Waals surface area contributed by atoms with E-state index < -0.39 is 17.7 Å². The van der Waals surface area contributed by atoms with Crippen LogP contribution in [0, 0.1) is 6.92 Å². The zero-order chi connectivity index (χ0) is 29.2. The number of hydrogen-bond donors (Lipinski definition) is 2. The Morgan fingerprint density at radius 3 is 2.43 bits per heavy atom. The highest BCUT2D eigenvalue weighted by Gasteiger charge is 2.47. The smallest absolute Gasteiger partial charge is 0.295 e. The second kappa shape index (κ2) is 11.3. The number of carbonyl (C=O) groups is 2. The number of methoxy groups -OCH3 is 1. The lowest BCUT2D eigenvalue weighted by Gasteiger charge is -2.25. The lowest BCUT2D eigenvalue weighted by molar-refractivity contribution is -0.140. The van der Waals surface area contributed by atoms with Crippen molar-refractivity contribution in [1.29, 1.82) is 0 Å². The van der Waals surface area contributed by atoms with Crippen LogP contribution in [0.2, 0.25) is 0 Å². The van der Waals surface area contributed by atoms with Gasteiger partial charge in [0.1, 0.15) is 23.9 Å². The molecule has 1 fully saturated rings. The number of H-pyrrole nitrogens is 1. The van der Waals surface area contributed by atoms with Crippen molar-refractivity contribution in [2.24, 2.45) is 0 Å². The lowest BCUT2D eigenvalue weighted by atomic mass is 9.94. The molecule has 7 nitrogen and oxygen atoms in total. The molecule has 1 unspecified atom stereocenters. The molecule has 7 heteroatoms. The molecule has 1 aliphatic heterocycles. The van der Waals surface area contributed by atoms with Crippen molar-refractivity contribution in [3.63, 3.8) is 0 Å². The standard InChI is InChI=1S/C35H30N2O5/c1-22-18-24(16-17-29(22)42-21-23-10-4-3-5-11-23)33(38)31-32(27-19-36-28-14-8-7-13-26(27)28)37(35(40)34(31)39)20-25-12-6-9-15-30(25)41-2/h3-19,32,36,38H,20-21H2,1-2H3/b33-31+. The molecule has 1 atom stereocenters. The molecule has 0 bridgehead atoms. The number of amides is 1. The van der Waals surface area contributed by atoms with E-state index in [4.69, 9.17) is 9.47 Å². The highest BCUT2D eigenvalue weighted by molar-refractivity contribution is 6.46. The van der Waals surface area contributed by atoms with E-state index in [-0.39, 0.29) is 17.9 Å². The molecule has 42 heavy (non-hydrogen) atoms. The van der Waals surface area contributed by atoms with Crippen molar-refractivity contribution >= 4 is 28.4 Å². The number of para-hydroxylation sites is 2. The summed E-state index contributed by atoms with van der Waals surface area (Å²) in [6, 6.07) is 29.4. The molecule has 2 heterocycles. The maximum atomic E-state index is 13.7. The monoisotopic (exact) mass is 558 g/mol. The topological polar surface area (TPSA) is 91.9 Å². The first-order valence-corrected chi connectivity index (χ1v) is 13.7. The average Bonchev–Trinajstić information content (AvgIpc) is 3.55. The van der Waals surface area contributed by atoms with Gasteiger partial charge in [-0.1, -0.05) is 66.7 Å². The SMILES string of the molecule is COc1ccccc1CN1C(=O)C(=O)/C(=C(/O)c2ccc(OCc3ccccc3)c(C)c2)C1c1c[nH]c2ccccc12. The molecule has 6 rings (SSSR count). The Balaban J connectivity index is 1.42. The summed E-state index contributed by atoms with van der Waals surface area (Å²) in [5.41, 5.74) is 4.64. The maximum absolute atomic E-state index is 13.7. The minimum Gasteiger partial charge on any atom is -0.507 e. The molecule has 1 saturated heterocycles. The number of rotatable bonds is 8. The van der Waals surface area contributed by atoms with Crippen LogP contribution in [-0.2, 0) is 22.7 Å². The van der Waals surface area contributed by atoms with E-state index >= 15 is 0 Å². The number of aryl methyl sites for hydroxylation is 1. The Kier molecular flexibility index (Phi) is 7.23. The van der Waals surface area contributed by atoms with Crippen LogP contribution < -0.4 is 9.47 Å². The molecule has 0 spiro atoms. The number of nitrogens with zero attached hydrogens (tertiary/aromatic N) is 1. The van der Waals surface area contributed by atoms with Gasteiger partial charge < -0.3 is 24.5 Å². The van der Waals surface area contributed by atoms with Crippen LogP contribution in [0.5, 0.6) is 11.5 Å². The van der Waals surface area contributed by atoms with Gasteiger partial charge in [-0.3, -0.25) is 9.59 Å². The molecule has 210 valence electrons. The summed E-state index contributed by atoms with van der Waals surface area (Å²) >= 11 is 0. The third-order valence-electron chi connectivity index (χ3n) is 7.67. The number of aliphatic hydroxyl groups excluding tert-OH is 1. The number of benzene rings is 4. The summed E-state index contributed by atoms with van der Waals surface area (Å²) in [6.07, 6.45) is 1.80. The summed E-state index contributed by atoms with van der Waals surface area (Å²) in [7, 11) is 1.57. The van der Waals surface area contributed by atoms with Gasteiger partial charge in [0, 0.05) is 33.8 Å². The minimum atomic E-state index is -0.819. The molecular weight excluding hydrogens is 528 g/mol. The first-order chi connectivity index (χ1) is 20.5. The van der Waals surface area contributed by atoms with Crippen molar-refractivity contribution in [2.45, 2.75) is 26.1 Å². The van der Waals surface area contributed by atoms with Gasteiger partial charge >= 0.3 is 0 Å². The summed E-state index contributed by atoms with van der Waals surface area (Å²) in [5.74, 6) is -0.375. The van der Waals surface area contributed by atoms with E-state index in [2.05, 4.69) is 4.98 Å². The second-order valence-electron chi connectivity index (χ2n) is 10.3. The van der Waals surface area contributed by atoms with E-state index in [9.17, 15) is 14.7 Å². The number of carbonyl (C=O) groups excluding carboxylic acids is 2. The van der Waals surface area contributed by atoms with Gasteiger partial charge in [-0.25, -0.2) is 0 Å². The van der Waals surface area contributed by atoms with E-state index in [1.807, 2.05) is 85.8 Å². The normalized spacial score (nSPS) is 16.2. The first-order valence-electron chi connectivity index (χ1n) is 13.7. The van der Waals surface area contributed by atoms with Crippen molar-refractivity contribution in [1.82, 2.24) is 9.88 Å². The van der Waals surface area contributed by atoms with Crippen LogP contribution in [-0.4, -0.2) is 33.8 Å². The Morgan fingerprint density at radius 1 is 0.905 bits per heavy atom. The van der Waals surface area contributed by atoms with E-state index in [0.717, 1.165) is 33.2 Å². The van der Waals surface area contributed by atoms with Crippen LogP contribution in [0.3, 0.4) is 0 Å². The number of aliphatic hydroxyl groups is 1. The first kappa shape index (κ1) is 26.9. The van der Waals surface area contributed by atoms with Gasteiger partial charge in [0.25, 0.3) is 11.7 Å². The third-order valence-corrected chi connectivity index (χ3v) is 7.67. The maximum Gasteiger partial charge on any atom is 0.295 e. The summed E-state index contributed by atoms with van der Waals surface area (Å²) in [6.45, 7) is 2.41. The molecule has 0 radical (unpaired) electrons. The number of Topliss-reactive ketones (excluding diaryl/α,β-unsaturated/α-hetero) is 1. The fourth-order valence-corrected chi connectivity index (χ4v) is 5.55. The van der Waals surface area contributed by atoms with Gasteiger partial charge in [-0.15, -0.1) is 0 Å². The Labute approximate surface area is 243 Å². The number of ether oxygens (including phenoxy) is 2. The van der Waals surface area contributed by atoms with E-state index in [0.29, 0.717) is 23.7 Å². The van der Waals surface area contributed by atoms with Crippen LogP contribution in [0.25, 0.3) is 16.7 Å². The predicted octanol–water partition coefficient (Wildman–Crippen LogP) is 6.69. The number of hydrogen-bond acceptors (Lipinski definition) is 5. The fraction of sp³-hybridized carbons (Fsp3) is 0.143. The van der Waals surface area contributed by atoms with Crippen molar-refractivity contribution < 1.29 is 24.2 Å². The van der Waals surface area contributed by atoms with Crippen LogP contribution in [0.4, 0.5) is 0 Å². The Morgan fingerprint density at radius 2 is 1.64 bits per heavy atom. The number of likely N-dealkylation sites (tertiary alicyclic amines) is 1. The molecule has 1 aromatic heterocycles. The van der Waals surface area contributed by atoms with Gasteiger partial charge in [0.05, 0.1) is 25.3 Å². The number of aromatic amines is 1. The van der Waals surface area contributed by atoms with Gasteiger partial charge in [0.15, 0.2) is 0 Å².